The van der Waals surface area contributed by atoms with Gasteiger partial charge in [0.25, 0.3) is 0 Å². The van der Waals surface area contributed by atoms with E-state index in [0.717, 1.165) is 17.8 Å². The highest BCUT2D eigenvalue weighted by Gasteiger charge is 2.55. The van der Waals surface area contributed by atoms with Crippen molar-refractivity contribution in [2.24, 2.45) is 23.2 Å². The molecule has 1 heteroatoms. The third-order valence-electron chi connectivity index (χ3n) is 5.82. The molecule has 0 spiro atoms. The van der Waals surface area contributed by atoms with Crippen molar-refractivity contribution in [3.63, 3.8) is 0 Å². The normalized spacial score (nSPS) is 38.5. The van der Waals surface area contributed by atoms with Gasteiger partial charge in [0.15, 0.2) is 0 Å². The van der Waals surface area contributed by atoms with E-state index in [1.54, 1.807) is 0 Å². The lowest BCUT2D eigenvalue weighted by molar-refractivity contribution is 0.121. The summed E-state index contributed by atoms with van der Waals surface area (Å²) in [5, 5.41) is 10.0. The van der Waals surface area contributed by atoms with E-state index >= 15 is 0 Å². The summed E-state index contributed by atoms with van der Waals surface area (Å²) in [6, 6.07) is 7.91. The predicted octanol–water partition coefficient (Wildman–Crippen LogP) is 4.18. The van der Waals surface area contributed by atoms with Crippen molar-refractivity contribution in [3.8, 4) is 5.75 Å². The summed E-state index contributed by atoms with van der Waals surface area (Å²) in [6.45, 7) is 7.24. The van der Waals surface area contributed by atoms with Crippen molar-refractivity contribution in [1.82, 2.24) is 0 Å². The van der Waals surface area contributed by atoms with Gasteiger partial charge in [-0.1, -0.05) is 39.0 Å². The number of benzene rings is 1. The quantitative estimate of drug-likeness (QED) is 0.767. The lowest BCUT2D eigenvalue weighted by atomic mass is 9.65. The summed E-state index contributed by atoms with van der Waals surface area (Å²) in [4.78, 5) is 0. The summed E-state index contributed by atoms with van der Waals surface area (Å²) in [5.74, 6) is 3.46. The fourth-order valence-electron chi connectivity index (χ4n) is 4.31. The van der Waals surface area contributed by atoms with Gasteiger partial charge in [-0.3, -0.25) is 0 Å². The molecule has 4 atom stereocenters. The monoisotopic (exact) mass is 230 g/mol. The molecule has 0 saturated heterocycles. The molecule has 2 saturated carbocycles. The number of phenols is 1. The molecular weight excluding hydrogens is 208 g/mol. The third-order valence-corrected chi connectivity index (χ3v) is 5.82. The van der Waals surface area contributed by atoms with Gasteiger partial charge in [-0.2, -0.15) is 0 Å². The van der Waals surface area contributed by atoms with Gasteiger partial charge in [-0.05, 0) is 53.6 Å². The Balaban J connectivity index is 1.93. The predicted molar refractivity (Wildman–Crippen MR) is 70.0 cm³/mol. The molecule has 2 bridgehead atoms. The van der Waals surface area contributed by atoms with E-state index in [2.05, 4.69) is 32.9 Å². The number of phenolic OH excluding ortho intramolecular Hbond substituents is 1. The van der Waals surface area contributed by atoms with E-state index < -0.39 is 0 Å². The Kier molecular flexibility index (Phi) is 2.30. The van der Waals surface area contributed by atoms with Crippen LogP contribution < -0.4 is 0 Å². The largest absolute Gasteiger partial charge is 0.508 e. The van der Waals surface area contributed by atoms with Crippen LogP contribution in [0, 0.1) is 23.2 Å². The number of hydrogen-bond acceptors (Lipinski definition) is 1. The van der Waals surface area contributed by atoms with E-state index in [4.69, 9.17) is 0 Å². The molecule has 1 aromatic rings. The van der Waals surface area contributed by atoms with Crippen LogP contribution >= 0.6 is 0 Å². The SMILES string of the molecule is C[C@H]1[C@H]2C[C@@H](C[C@@H]2c2ccccc2O)C1(C)C. The number of hydrogen-bond donors (Lipinski definition) is 1. The minimum Gasteiger partial charge on any atom is -0.508 e. The number of rotatable bonds is 1. The standard InChI is InChI=1S/C16H22O/c1-10-13-8-11(16(10,2)3)9-14(13)12-6-4-5-7-15(12)17/h4-7,10-11,13-14,17H,8-9H2,1-3H3/t10-,11-,13+,14+/m0/s1. The topological polar surface area (TPSA) is 20.2 Å². The van der Waals surface area contributed by atoms with Crippen LogP contribution in [0.1, 0.15) is 45.1 Å². The summed E-state index contributed by atoms with van der Waals surface area (Å²) < 4.78 is 0. The molecule has 92 valence electrons. The lowest BCUT2D eigenvalue weighted by Gasteiger charge is -2.40. The van der Waals surface area contributed by atoms with Gasteiger partial charge in [-0.15, -0.1) is 0 Å². The highest BCUT2D eigenvalue weighted by Crippen LogP contribution is 2.64. The van der Waals surface area contributed by atoms with Crippen LogP contribution in [-0.4, -0.2) is 5.11 Å². The molecular formula is C16H22O. The Morgan fingerprint density at radius 3 is 2.47 bits per heavy atom. The van der Waals surface area contributed by atoms with E-state index in [9.17, 15) is 5.11 Å². The second-order valence-corrected chi connectivity index (χ2v) is 6.61. The molecule has 1 N–H and O–H groups in total. The van der Waals surface area contributed by atoms with Crippen molar-refractivity contribution in [1.29, 1.82) is 0 Å². The van der Waals surface area contributed by atoms with Crippen LogP contribution in [0.5, 0.6) is 5.75 Å². The molecule has 0 unspecified atom stereocenters. The first-order chi connectivity index (χ1) is 8.01. The Morgan fingerprint density at radius 1 is 1.18 bits per heavy atom. The van der Waals surface area contributed by atoms with Crippen molar-refractivity contribution in [3.05, 3.63) is 29.8 Å². The second kappa shape index (κ2) is 3.51. The molecule has 0 heterocycles. The van der Waals surface area contributed by atoms with Gasteiger partial charge in [-0.25, -0.2) is 0 Å². The van der Waals surface area contributed by atoms with Gasteiger partial charge < -0.3 is 5.11 Å². The van der Waals surface area contributed by atoms with Crippen LogP contribution in [-0.2, 0) is 0 Å². The fraction of sp³-hybridized carbons (Fsp3) is 0.625. The zero-order valence-corrected chi connectivity index (χ0v) is 11.0. The maximum Gasteiger partial charge on any atom is 0.119 e. The van der Waals surface area contributed by atoms with Crippen molar-refractivity contribution >= 4 is 0 Å². The van der Waals surface area contributed by atoms with Gasteiger partial charge >= 0.3 is 0 Å². The molecule has 0 amide bonds. The van der Waals surface area contributed by atoms with Gasteiger partial charge in [0, 0.05) is 0 Å². The number of fused-ring (bicyclic) bond motifs is 2. The Hall–Kier alpha value is -0.980. The van der Waals surface area contributed by atoms with Crippen LogP contribution in [0.15, 0.2) is 24.3 Å². The molecule has 0 aliphatic heterocycles. The molecule has 2 aliphatic carbocycles. The Bertz CT molecular complexity index is 431. The molecule has 2 fully saturated rings. The van der Waals surface area contributed by atoms with E-state index in [1.165, 1.54) is 18.4 Å². The molecule has 17 heavy (non-hydrogen) atoms. The Morgan fingerprint density at radius 2 is 1.88 bits per heavy atom. The number of para-hydroxylation sites is 1. The summed E-state index contributed by atoms with van der Waals surface area (Å²) in [5.41, 5.74) is 1.67. The molecule has 0 radical (unpaired) electrons. The zero-order valence-electron chi connectivity index (χ0n) is 11.0. The van der Waals surface area contributed by atoms with Gasteiger partial charge in [0.1, 0.15) is 5.75 Å². The molecule has 1 nitrogen and oxygen atoms in total. The van der Waals surface area contributed by atoms with Gasteiger partial charge in [0.2, 0.25) is 0 Å². The van der Waals surface area contributed by atoms with E-state index in [-0.39, 0.29) is 0 Å². The minimum atomic E-state index is 0.492. The average Bonchev–Trinajstić information content (AvgIpc) is 2.80. The van der Waals surface area contributed by atoms with Crippen LogP contribution in [0.3, 0.4) is 0 Å². The smallest absolute Gasteiger partial charge is 0.119 e. The lowest BCUT2D eigenvalue weighted by Crippen LogP contribution is -2.32. The first-order valence-corrected chi connectivity index (χ1v) is 6.79. The average molecular weight is 230 g/mol. The van der Waals surface area contributed by atoms with Crippen molar-refractivity contribution < 1.29 is 5.11 Å². The maximum absolute atomic E-state index is 10.0. The molecule has 2 aliphatic rings. The third kappa shape index (κ3) is 1.44. The highest BCUT2D eigenvalue weighted by molar-refractivity contribution is 5.37. The summed E-state index contributed by atoms with van der Waals surface area (Å²) in [7, 11) is 0. The molecule has 0 aromatic heterocycles. The first kappa shape index (κ1) is 11.1. The van der Waals surface area contributed by atoms with E-state index in [1.807, 2.05) is 12.1 Å². The van der Waals surface area contributed by atoms with Crippen LogP contribution in [0.4, 0.5) is 0 Å². The first-order valence-electron chi connectivity index (χ1n) is 6.79. The second-order valence-electron chi connectivity index (χ2n) is 6.61. The highest BCUT2D eigenvalue weighted by atomic mass is 16.3. The number of aromatic hydroxyl groups is 1. The Labute approximate surface area is 104 Å². The van der Waals surface area contributed by atoms with Gasteiger partial charge in [0.05, 0.1) is 0 Å². The fourth-order valence-corrected chi connectivity index (χ4v) is 4.31. The summed E-state index contributed by atoms with van der Waals surface area (Å²) >= 11 is 0. The van der Waals surface area contributed by atoms with E-state index in [0.29, 0.717) is 17.1 Å². The van der Waals surface area contributed by atoms with Crippen LogP contribution in [0.25, 0.3) is 0 Å². The summed E-state index contributed by atoms with van der Waals surface area (Å²) in [6.07, 6.45) is 2.62. The van der Waals surface area contributed by atoms with Crippen molar-refractivity contribution in [2.75, 3.05) is 0 Å². The zero-order chi connectivity index (χ0) is 12.2. The van der Waals surface area contributed by atoms with Crippen LogP contribution in [0.2, 0.25) is 0 Å². The minimum absolute atomic E-state index is 0.492. The maximum atomic E-state index is 10.0. The molecule has 1 aromatic carbocycles. The molecule has 3 rings (SSSR count). The van der Waals surface area contributed by atoms with Crippen molar-refractivity contribution in [2.45, 2.75) is 39.5 Å².